The summed E-state index contributed by atoms with van der Waals surface area (Å²) < 4.78 is 13.7. The van der Waals surface area contributed by atoms with Gasteiger partial charge in [0.1, 0.15) is 11.9 Å². The van der Waals surface area contributed by atoms with Gasteiger partial charge in [-0.05, 0) is 87.0 Å². The van der Waals surface area contributed by atoms with E-state index < -0.39 is 24.2 Å². The fourth-order valence-corrected chi connectivity index (χ4v) is 6.28. The van der Waals surface area contributed by atoms with Crippen molar-refractivity contribution in [2.45, 2.75) is 76.1 Å². The maximum atomic E-state index is 14.2. The second kappa shape index (κ2) is 11.9. The zero-order valence-electron chi connectivity index (χ0n) is 22.8. The molecule has 2 fully saturated rings. The van der Waals surface area contributed by atoms with E-state index in [0.29, 0.717) is 19.4 Å². The number of aromatic amines is 1. The number of fused-ring (bicyclic) bond motifs is 1. The highest BCUT2D eigenvalue weighted by Crippen LogP contribution is 2.35. The lowest BCUT2D eigenvalue weighted by Gasteiger charge is -2.36. The minimum absolute atomic E-state index is 0.0838. The second-order valence-electron chi connectivity index (χ2n) is 11.1. The van der Waals surface area contributed by atoms with Crippen LogP contribution in [-0.2, 0) is 16.0 Å². The van der Waals surface area contributed by atoms with E-state index in [9.17, 15) is 19.1 Å². The average Bonchev–Trinajstić information content (AvgIpc) is 3.52. The number of H-pyrrole nitrogens is 1. The Kier molecular flexibility index (Phi) is 8.33. The van der Waals surface area contributed by atoms with Gasteiger partial charge in [0.25, 0.3) is 0 Å². The van der Waals surface area contributed by atoms with E-state index in [4.69, 9.17) is 0 Å². The van der Waals surface area contributed by atoms with Gasteiger partial charge in [-0.25, -0.2) is 4.39 Å². The molecule has 1 unspecified atom stereocenters. The molecular formula is C31H39FN4O3. The molecule has 1 aliphatic heterocycles. The summed E-state index contributed by atoms with van der Waals surface area (Å²) in [4.78, 5) is 32.3. The van der Waals surface area contributed by atoms with Crippen molar-refractivity contribution < 1.29 is 19.1 Å². The average molecular weight is 535 g/mol. The van der Waals surface area contributed by atoms with E-state index >= 15 is 0 Å². The van der Waals surface area contributed by atoms with Crippen LogP contribution in [0.2, 0.25) is 0 Å². The molecule has 2 aromatic carbocycles. The van der Waals surface area contributed by atoms with Gasteiger partial charge < -0.3 is 25.6 Å². The molecule has 2 heterocycles. The summed E-state index contributed by atoms with van der Waals surface area (Å²) in [6.45, 7) is 2.23. The SMILES string of the molecule is CN[C@@H](C)C(=O)N[C@H](C(=O)N1CCC(O)[C@@H]1Cc1c(-c2ccc(F)cc2)[nH]c2ccccc12)C1CCCCC1. The summed E-state index contributed by atoms with van der Waals surface area (Å²) in [5, 5.41) is 18.2. The second-order valence-corrected chi connectivity index (χ2v) is 11.1. The van der Waals surface area contributed by atoms with Crippen LogP contribution in [-0.4, -0.2) is 64.6 Å². The third-order valence-electron chi connectivity index (χ3n) is 8.66. The van der Waals surface area contributed by atoms with Crippen molar-refractivity contribution in [3.05, 3.63) is 59.9 Å². The van der Waals surface area contributed by atoms with Crippen molar-refractivity contribution >= 4 is 22.7 Å². The van der Waals surface area contributed by atoms with Crippen LogP contribution in [0, 0.1) is 11.7 Å². The van der Waals surface area contributed by atoms with Gasteiger partial charge in [0.05, 0.1) is 18.2 Å². The maximum Gasteiger partial charge on any atom is 0.245 e. The minimum Gasteiger partial charge on any atom is -0.391 e. The largest absolute Gasteiger partial charge is 0.391 e. The van der Waals surface area contributed by atoms with E-state index in [2.05, 4.69) is 15.6 Å². The Hall–Kier alpha value is -3.23. The molecule has 2 amide bonds. The normalized spacial score (nSPS) is 21.7. The minimum atomic E-state index is -0.678. The number of amides is 2. The Labute approximate surface area is 229 Å². The first-order chi connectivity index (χ1) is 18.9. The zero-order chi connectivity index (χ0) is 27.5. The lowest BCUT2D eigenvalue weighted by molar-refractivity contribution is -0.140. The van der Waals surface area contributed by atoms with Gasteiger partial charge >= 0.3 is 0 Å². The van der Waals surface area contributed by atoms with Crippen LogP contribution in [0.3, 0.4) is 0 Å². The number of aliphatic hydroxyl groups is 1. The number of nitrogens with one attached hydrogen (secondary N) is 3. The summed E-state index contributed by atoms with van der Waals surface area (Å²) in [5.41, 5.74) is 3.65. The van der Waals surface area contributed by atoms with Crippen LogP contribution in [0.4, 0.5) is 4.39 Å². The fourth-order valence-electron chi connectivity index (χ4n) is 6.28. The lowest BCUT2D eigenvalue weighted by Crippen LogP contribution is -2.57. The molecule has 0 radical (unpaired) electrons. The van der Waals surface area contributed by atoms with Crippen molar-refractivity contribution in [2.24, 2.45) is 5.92 Å². The number of aliphatic hydroxyl groups excluding tert-OH is 1. The van der Waals surface area contributed by atoms with Gasteiger partial charge in [-0.3, -0.25) is 9.59 Å². The molecule has 2 aliphatic rings. The van der Waals surface area contributed by atoms with Crippen molar-refractivity contribution in [1.29, 1.82) is 0 Å². The Morgan fingerprint density at radius 2 is 1.79 bits per heavy atom. The number of hydrogen-bond acceptors (Lipinski definition) is 4. The quantitative estimate of drug-likeness (QED) is 0.349. The first-order valence-corrected chi connectivity index (χ1v) is 14.2. The molecule has 0 bridgehead atoms. The Morgan fingerprint density at radius 3 is 2.51 bits per heavy atom. The highest BCUT2D eigenvalue weighted by atomic mass is 19.1. The van der Waals surface area contributed by atoms with E-state index in [1.165, 1.54) is 12.1 Å². The molecule has 4 N–H and O–H groups in total. The molecule has 0 spiro atoms. The number of hydrogen-bond donors (Lipinski definition) is 4. The number of benzene rings is 2. The number of para-hydroxylation sites is 1. The summed E-state index contributed by atoms with van der Waals surface area (Å²) in [6, 6.07) is 12.9. The van der Waals surface area contributed by atoms with Crippen molar-refractivity contribution in [3.63, 3.8) is 0 Å². The Balaban J connectivity index is 1.47. The number of carbonyl (C=O) groups excluding carboxylic acids is 2. The van der Waals surface area contributed by atoms with Crippen LogP contribution in [0.1, 0.15) is 51.0 Å². The maximum absolute atomic E-state index is 14.2. The van der Waals surface area contributed by atoms with Gasteiger partial charge in [-0.2, -0.15) is 0 Å². The van der Waals surface area contributed by atoms with E-state index in [-0.39, 0.29) is 23.5 Å². The van der Waals surface area contributed by atoms with Gasteiger partial charge in [0.15, 0.2) is 0 Å². The molecule has 1 aliphatic carbocycles. The molecule has 4 atom stereocenters. The smallest absolute Gasteiger partial charge is 0.245 e. The molecule has 1 aromatic heterocycles. The predicted octanol–water partition coefficient (Wildman–Crippen LogP) is 4.15. The summed E-state index contributed by atoms with van der Waals surface area (Å²) >= 11 is 0. The fraction of sp³-hybridized carbons (Fsp3) is 0.484. The molecule has 7 nitrogen and oxygen atoms in total. The van der Waals surface area contributed by atoms with Gasteiger partial charge in [-0.1, -0.05) is 37.5 Å². The van der Waals surface area contributed by atoms with Crippen LogP contribution in [0.5, 0.6) is 0 Å². The highest BCUT2D eigenvalue weighted by molar-refractivity contribution is 5.92. The van der Waals surface area contributed by atoms with Crippen molar-refractivity contribution in [2.75, 3.05) is 13.6 Å². The van der Waals surface area contributed by atoms with Crippen LogP contribution >= 0.6 is 0 Å². The summed E-state index contributed by atoms with van der Waals surface area (Å²) in [5.74, 6) is -0.514. The summed E-state index contributed by atoms with van der Waals surface area (Å²) in [6.07, 6.45) is 5.32. The topological polar surface area (TPSA) is 97.5 Å². The molecule has 1 saturated carbocycles. The number of carbonyl (C=O) groups is 2. The molecule has 5 rings (SSSR count). The Morgan fingerprint density at radius 1 is 1.08 bits per heavy atom. The molecule has 208 valence electrons. The van der Waals surface area contributed by atoms with E-state index in [1.54, 1.807) is 31.0 Å². The first kappa shape index (κ1) is 27.3. The molecular weight excluding hydrogens is 495 g/mol. The number of nitrogens with zero attached hydrogens (tertiary/aromatic N) is 1. The van der Waals surface area contributed by atoms with Crippen molar-refractivity contribution in [1.82, 2.24) is 20.5 Å². The standard InChI is InChI=1S/C31H39FN4O3/c1-19(33-2)30(38)35-29(20-8-4-3-5-9-20)31(39)36-17-16-27(37)26(36)18-24-23-10-6-7-11-25(23)34-28(24)21-12-14-22(32)15-13-21/h6-7,10-15,19-20,26-27,29,33-34,37H,3-5,8-9,16-18H2,1-2H3,(H,35,38)/t19-,26-,27?,29-/m0/s1. The van der Waals surface area contributed by atoms with E-state index in [1.807, 2.05) is 24.3 Å². The number of likely N-dealkylation sites (N-methyl/N-ethyl adjacent to an activating group) is 1. The van der Waals surface area contributed by atoms with Crippen LogP contribution < -0.4 is 10.6 Å². The van der Waals surface area contributed by atoms with Crippen molar-refractivity contribution in [3.8, 4) is 11.3 Å². The predicted molar refractivity (Wildman–Crippen MR) is 151 cm³/mol. The van der Waals surface area contributed by atoms with Gasteiger partial charge in [0.2, 0.25) is 11.8 Å². The summed E-state index contributed by atoms with van der Waals surface area (Å²) in [7, 11) is 1.73. The molecule has 1 saturated heterocycles. The lowest BCUT2D eigenvalue weighted by atomic mass is 9.83. The third-order valence-corrected chi connectivity index (χ3v) is 8.66. The van der Waals surface area contributed by atoms with E-state index in [0.717, 1.165) is 59.8 Å². The number of likely N-dealkylation sites (tertiary alicyclic amines) is 1. The number of halogens is 1. The zero-order valence-corrected chi connectivity index (χ0v) is 22.8. The molecule has 8 heteroatoms. The number of rotatable bonds is 8. The Bertz CT molecular complexity index is 1300. The molecule has 3 aromatic rings. The van der Waals surface area contributed by atoms with Gasteiger partial charge in [-0.15, -0.1) is 0 Å². The number of aromatic nitrogens is 1. The van der Waals surface area contributed by atoms with Gasteiger partial charge in [0, 0.05) is 23.1 Å². The molecule has 39 heavy (non-hydrogen) atoms. The van der Waals surface area contributed by atoms with Crippen LogP contribution in [0.15, 0.2) is 48.5 Å². The first-order valence-electron chi connectivity index (χ1n) is 14.2. The van der Waals surface area contributed by atoms with Crippen LogP contribution in [0.25, 0.3) is 22.2 Å². The highest BCUT2D eigenvalue weighted by Gasteiger charge is 2.42. The monoisotopic (exact) mass is 534 g/mol. The third kappa shape index (κ3) is 5.72.